The van der Waals surface area contributed by atoms with Crippen molar-refractivity contribution < 1.29 is 23.0 Å². The van der Waals surface area contributed by atoms with Crippen molar-refractivity contribution >= 4 is 17.5 Å². The lowest BCUT2D eigenvalue weighted by molar-refractivity contribution is -0.144. The molecule has 1 saturated heterocycles. The van der Waals surface area contributed by atoms with Gasteiger partial charge in [0.25, 0.3) is 0 Å². The van der Waals surface area contributed by atoms with Crippen LogP contribution < -0.4 is 10.6 Å². The number of carbonyl (C=O) groups is 1. The molecule has 4 heterocycles. The van der Waals surface area contributed by atoms with Gasteiger partial charge in [-0.3, -0.25) is 4.68 Å². The number of nitrogens with zero attached hydrogens (tertiary/aromatic N) is 4. The maximum Gasteiger partial charge on any atom is 0.330 e. The van der Waals surface area contributed by atoms with Crippen molar-refractivity contribution in [1.82, 2.24) is 19.7 Å². The van der Waals surface area contributed by atoms with Gasteiger partial charge in [0, 0.05) is 35.9 Å². The van der Waals surface area contributed by atoms with E-state index >= 15 is 4.39 Å². The summed E-state index contributed by atoms with van der Waals surface area (Å²) < 4.78 is 42.5. The number of hydrogen-bond acceptors (Lipinski definition) is 8. The molecule has 0 spiro atoms. The van der Waals surface area contributed by atoms with Crippen molar-refractivity contribution in [2.45, 2.75) is 75.6 Å². The Kier molecular flexibility index (Phi) is 6.41. The molecule has 0 radical (unpaired) electrons. The van der Waals surface area contributed by atoms with Crippen LogP contribution in [0.5, 0.6) is 0 Å². The number of benzene rings is 1. The summed E-state index contributed by atoms with van der Waals surface area (Å²) in [6.45, 7) is 2.55. The Balaban J connectivity index is 1.26. The van der Waals surface area contributed by atoms with Gasteiger partial charge >= 0.3 is 5.97 Å². The van der Waals surface area contributed by atoms with Crippen LogP contribution in [0.4, 0.5) is 20.3 Å². The minimum absolute atomic E-state index is 0.0421. The molecule has 3 unspecified atom stereocenters. The molecule has 40 heavy (non-hydrogen) atoms. The van der Waals surface area contributed by atoms with Crippen LogP contribution in [0.1, 0.15) is 74.9 Å². The Labute approximate surface area is 230 Å². The number of rotatable bonds is 7. The second-order valence-corrected chi connectivity index (χ2v) is 11.2. The highest BCUT2D eigenvalue weighted by atomic mass is 19.1. The van der Waals surface area contributed by atoms with Crippen LogP contribution in [0.3, 0.4) is 0 Å². The average Bonchev–Trinajstić information content (AvgIpc) is 3.91. The molecule has 4 aliphatic rings. The smallest absolute Gasteiger partial charge is 0.330 e. The lowest BCUT2D eigenvalue weighted by Gasteiger charge is -2.36. The van der Waals surface area contributed by atoms with Crippen molar-refractivity contribution in [2.24, 2.45) is 5.92 Å². The first kappa shape index (κ1) is 25.4. The van der Waals surface area contributed by atoms with E-state index in [-0.39, 0.29) is 41.9 Å². The van der Waals surface area contributed by atoms with Crippen LogP contribution in [-0.2, 0) is 14.3 Å². The minimum Gasteiger partial charge on any atom is -0.464 e. The van der Waals surface area contributed by atoms with Crippen molar-refractivity contribution in [1.29, 1.82) is 0 Å². The average molecular weight is 551 g/mol. The monoisotopic (exact) mass is 550 g/mol. The molecule has 210 valence electrons. The molecule has 3 fully saturated rings. The molecule has 2 aliphatic heterocycles. The summed E-state index contributed by atoms with van der Waals surface area (Å²) in [5, 5.41) is 11.3. The number of ether oxygens (including phenoxy) is 2. The third-order valence-electron chi connectivity index (χ3n) is 8.31. The fourth-order valence-electron chi connectivity index (χ4n) is 5.87. The lowest BCUT2D eigenvalue weighted by atomic mass is 9.91. The number of halogens is 2. The van der Waals surface area contributed by atoms with E-state index in [1.54, 1.807) is 6.92 Å². The Morgan fingerprint density at radius 2 is 2.00 bits per heavy atom. The molecule has 7 rings (SSSR count). The molecule has 2 saturated carbocycles. The normalized spacial score (nSPS) is 26.0. The topological polar surface area (TPSA) is 103 Å². The lowest BCUT2D eigenvalue weighted by Crippen LogP contribution is -2.50. The Hall–Kier alpha value is -3.60. The van der Waals surface area contributed by atoms with Gasteiger partial charge in [-0.05, 0) is 63.5 Å². The molecule has 0 amide bonds. The van der Waals surface area contributed by atoms with Gasteiger partial charge < -0.3 is 20.1 Å². The number of aromatic nitrogens is 4. The second-order valence-electron chi connectivity index (χ2n) is 11.2. The largest absolute Gasteiger partial charge is 0.464 e. The quantitative estimate of drug-likeness (QED) is 0.390. The summed E-state index contributed by atoms with van der Waals surface area (Å²) >= 11 is 0. The van der Waals surface area contributed by atoms with Crippen LogP contribution in [0.25, 0.3) is 11.3 Å². The number of nitrogens with one attached hydrogen (secondary N) is 2. The summed E-state index contributed by atoms with van der Waals surface area (Å²) in [5.74, 6) is -0.444. The Morgan fingerprint density at radius 1 is 1.15 bits per heavy atom. The zero-order valence-electron chi connectivity index (χ0n) is 22.3. The van der Waals surface area contributed by atoms with Gasteiger partial charge in [0.15, 0.2) is 5.82 Å². The molecule has 2 N–H and O–H groups in total. The first-order chi connectivity index (χ1) is 19.5. The third-order valence-corrected chi connectivity index (χ3v) is 8.31. The molecule has 9 nitrogen and oxygen atoms in total. The number of fused-ring (bicyclic) bond motifs is 1. The van der Waals surface area contributed by atoms with Crippen LogP contribution >= 0.6 is 0 Å². The Morgan fingerprint density at radius 3 is 2.75 bits per heavy atom. The second kappa shape index (κ2) is 10.1. The number of esters is 1. The molecular formula is C29H32F2N6O3. The molecule has 1 aromatic carbocycles. The summed E-state index contributed by atoms with van der Waals surface area (Å²) in [7, 11) is 0. The first-order valence-corrected chi connectivity index (χ1v) is 14.2. The molecule has 2 aromatic heterocycles. The molecular weight excluding hydrogens is 518 g/mol. The maximum atomic E-state index is 15.2. The van der Waals surface area contributed by atoms with E-state index in [2.05, 4.69) is 21.9 Å². The van der Waals surface area contributed by atoms with Gasteiger partial charge in [-0.2, -0.15) is 5.10 Å². The van der Waals surface area contributed by atoms with E-state index < -0.39 is 17.7 Å². The molecule has 0 bridgehead atoms. The van der Waals surface area contributed by atoms with Crippen LogP contribution in [-0.4, -0.2) is 51.0 Å². The predicted molar refractivity (Wildman–Crippen MR) is 143 cm³/mol. The third kappa shape index (κ3) is 4.80. The van der Waals surface area contributed by atoms with E-state index in [0.717, 1.165) is 37.3 Å². The summed E-state index contributed by atoms with van der Waals surface area (Å²) in [5.41, 5.74) is 1.87. The molecule has 2 aliphatic carbocycles. The summed E-state index contributed by atoms with van der Waals surface area (Å²) in [6, 6.07) is 3.03. The summed E-state index contributed by atoms with van der Waals surface area (Å²) in [4.78, 5) is 22.7. The maximum absolute atomic E-state index is 15.2. The highest BCUT2D eigenvalue weighted by Gasteiger charge is 2.45. The van der Waals surface area contributed by atoms with Gasteiger partial charge in [0.2, 0.25) is 0 Å². The van der Waals surface area contributed by atoms with Crippen molar-refractivity contribution in [3.8, 4) is 11.3 Å². The van der Waals surface area contributed by atoms with E-state index in [1.165, 1.54) is 12.1 Å². The van der Waals surface area contributed by atoms with Crippen molar-refractivity contribution in [3.05, 3.63) is 53.6 Å². The van der Waals surface area contributed by atoms with Crippen LogP contribution in [0.2, 0.25) is 0 Å². The van der Waals surface area contributed by atoms with E-state index in [1.807, 2.05) is 10.9 Å². The predicted octanol–water partition coefficient (Wildman–Crippen LogP) is 5.14. The SMILES string of the molecule is CCOC(=O)C1Nc2c(nc(C3CCO[C@@H](c4cnn(C5CC5)c4)C3)nc2-c2ccc(F)cc2F)NC1C1CC1. The first-order valence-electron chi connectivity index (χ1n) is 14.2. The Bertz CT molecular complexity index is 1440. The minimum atomic E-state index is -0.733. The van der Waals surface area contributed by atoms with Gasteiger partial charge in [-0.15, -0.1) is 0 Å². The van der Waals surface area contributed by atoms with Gasteiger partial charge in [-0.1, -0.05) is 0 Å². The van der Waals surface area contributed by atoms with E-state index in [4.69, 9.17) is 19.4 Å². The number of carbonyl (C=O) groups excluding carboxylic acids is 1. The van der Waals surface area contributed by atoms with Gasteiger partial charge in [0.1, 0.15) is 34.9 Å². The van der Waals surface area contributed by atoms with Gasteiger partial charge in [-0.25, -0.2) is 23.5 Å². The van der Waals surface area contributed by atoms with Crippen LogP contribution in [0, 0.1) is 17.6 Å². The number of hydrogen-bond donors (Lipinski definition) is 2. The fraction of sp³-hybridized carbons (Fsp3) is 0.517. The fourth-order valence-corrected chi connectivity index (χ4v) is 5.87. The van der Waals surface area contributed by atoms with Crippen molar-refractivity contribution in [2.75, 3.05) is 23.8 Å². The van der Waals surface area contributed by atoms with Crippen molar-refractivity contribution in [3.63, 3.8) is 0 Å². The highest BCUT2D eigenvalue weighted by Crippen LogP contribution is 2.45. The van der Waals surface area contributed by atoms with Gasteiger partial charge in [0.05, 0.1) is 31.0 Å². The zero-order valence-corrected chi connectivity index (χ0v) is 22.3. The standard InChI is InChI=1S/C29H32F2N6O3/c1-2-39-29(38)26-23(15-3-4-15)34-28-25(33-26)24(20-8-5-18(30)12-21(20)31)35-27(36-28)16-9-10-40-22(11-16)17-13-32-37(14-17)19-6-7-19/h5,8,12-16,19,22-23,26,33H,2-4,6-7,9-11H2,1H3,(H,34,35,36)/t16?,22-,23?,26?/m1/s1. The highest BCUT2D eigenvalue weighted by molar-refractivity contribution is 5.91. The molecule has 11 heteroatoms. The van der Waals surface area contributed by atoms with E-state index in [0.29, 0.717) is 48.7 Å². The summed E-state index contributed by atoms with van der Waals surface area (Å²) in [6.07, 6.45) is 9.47. The van der Waals surface area contributed by atoms with Crippen LogP contribution in [0.15, 0.2) is 30.6 Å². The number of anilines is 2. The zero-order chi connectivity index (χ0) is 27.4. The molecule has 4 atom stereocenters. The molecule has 3 aromatic rings. The van der Waals surface area contributed by atoms with E-state index in [9.17, 15) is 9.18 Å².